The van der Waals surface area contributed by atoms with E-state index in [0.717, 1.165) is 0 Å². The lowest BCUT2D eigenvalue weighted by Gasteiger charge is -2.08. The Bertz CT molecular complexity index is 673. The number of benzene rings is 1. The van der Waals surface area contributed by atoms with Crippen molar-refractivity contribution in [2.75, 3.05) is 4.72 Å². The molecule has 2 aromatic rings. The van der Waals surface area contributed by atoms with E-state index in [0.29, 0.717) is 0 Å². The summed E-state index contributed by atoms with van der Waals surface area (Å²) in [4.78, 5) is 3.71. The summed E-state index contributed by atoms with van der Waals surface area (Å²) in [6.45, 7) is 0. The van der Waals surface area contributed by atoms with Gasteiger partial charge in [0.2, 0.25) is 0 Å². The second-order valence-electron chi connectivity index (χ2n) is 3.47. The first-order chi connectivity index (χ1) is 8.47. The van der Waals surface area contributed by atoms with Crippen molar-refractivity contribution in [2.24, 2.45) is 0 Å². The number of hydrogen-bond donors (Lipinski definition) is 2. The van der Waals surface area contributed by atoms with Crippen LogP contribution < -0.4 is 4.72 Å². The van der Waals surface area contributed by atoms with E-state index in [1.807, 2.05) is 0 Å². The van der Waals surface area contributed by atoms with Crippen molar-refractivity contribution in [1.29, 1.82) is 0 Å². The Hall–Kier alpha value is -1.79. The molecule has 7 heteroatoms. The van der Waals surface area contributed by atoms with E-state index < -0.39 is 10.0 Å². The van der Waals surface area contributed by atoms with Gasteiger partial charge in [-0.3, -0.25) is 4.72 Å². The smallest absolute Gasteiger partial charge is 0.262 e. The van der Waals surface area contributed by atoms with Crippen LogP contribution in [0.1, 0.15) is 0 Å². The van der Waals surface area contributed by atoms with E-state index in [4.69, 9.17) is 11.6 Å². The predicted octanol–water partition coefficient (Wildman–Crippen LogP) is 2.24. The number of anilines is 1. The molecule has 1 aromatic carbocycles. The first-order valence-corrected chi connectivity index (χ1v) is 6.77. The maximum atomic E-state index is 12.0. The number of aromatic nitrogens is 1. The quantitative estimate of drug-likeness (QED) is 0.847. The lowest BCUT2D eigenvalue weighted by atomic mass is 10.3. The van der Waals surface area contributed by atoms with Gasteiger partial charge in [0.1, 0.15) is 10.9 Å². The molecule has 0 aliphatic heterocycles. The molecule has 0 aliphatic carbocycles. The summed E-state index contributed by atoms with van der Waals surface area (Å²) in [5, 5.41) is 9.35. The lowest BCUT2D eigenvalue weighted by molar-refractivity contribution is 0.475. The Morgan fingerprint density at radius 1 is 1.22 bits per heavy atom. The summed E-state index contributed by atoms with van der Waals surface area (Å²) < 4.78 is 26.3. The number of phenols is 1. The normalized spacial score (nSPS) is 11.2. The van der Waals surface area contributed by atoms with Crippen molar-refractivity contribution in [2.45, 2.75) is 4.90 Å². The zero-order chi connectivity index (χ0) is 13.2. The number of hydrogen-bond acceptors (Lipinski definition) is 4. The summed E-state index contributed by atoms with van der Waals surface area (Å²) in [7, 11) is -3.74. The molecule has 0 aliphatic rings. The zero-order valence-electron chi connectivity index (χ0n) is 9.04. The average Bonchev–Trinajstić information content (AvgIpc) is 2.28. The van der Waals surface area contributed by atoms with Crippen LogP contribution >= 0.6 is 11.6 Å². The molecule has 94 valence electrons. The first kappa shape index (κ1) is 12.7. The Kier molecular flexibility index (Phi) is 3.40. The number of halogens is 1. The fourth-order valence-corrected chi connectivity index (χ4v) is 2.64. The minimum atomic E-state index is -3.74. The number of pyridine rings is 1. The highest BCUT2D eigenvalue weighted by atomic mass is 35.5. The van der Waals surface area contributed by atoms with Gasteiger partial charge in [-0.1, -0.05) is 17.7 Å². The highest BCUT2D eigenvalue weighted by molar-refractivity contribution is 7.92. The third kappa shape index (κ3) is 2.91. The van der Waals surface area contributed by atoms with E-state index in [-0.39, 0.29) is 21.5 Å². The molecule has 0 radical (unpaired) electrons. The van der Waals surface area contributed by atoms with Gasteiger partial charge in [-0.2, -0.15) is 0 Å². The van der Waals surface area contributed by atoms with Crippen molar-refractivity contribution in [1.82, 2.24) is 4.98 Å². The second-order valence-corrected chi connectivity index (χ2v) is 5.54. The van der Waals surface area contributed by atoms with Gasteiger partial charge in [-0.15, -0.1) is 0 Å². The van der Waals surface area contributed by atoms with E-state index in [9.17, 15) is 13.5 Å². The monoisotopic (exact) mass is 284 g/mol. The van der Waals surface area contributed by atoms with E-state index in [1.165, 1.54) is 42.6 Å². The number of rotatable bonds is 3. The molecule has 0 saturated heterocycles. The Balaban J connectivity index is 2.33. The molecule has 0 amide bonds. The van der Waals surface area contributed by atoms with Crippen molar-refractivity contribution in [3.05, 3.63) is 47.7 Å². The molecule has 1 heterocycles. The molecule has 1 aromatic heterocycles. The zero-order valence-corrected chi connectivity index (χ0v) is 10.6. The summed E-state index contributed by atoms with van der Waals surface area (Å²) in [6, 6.07) is 8.39. The van der Waals surface area contributed by atoms with Gasteiger partial charge >= 0.3 is 0 Å². The topological polar surface area (TPSA) is 79.3 Å². The largest absolute Gasteiger partial charge is 0.508 e. The molecule has 5 nitrogen and oxygen atoms in total. The van der Waals surface area contributed by atoms with Crippen molar-refractivity contribution in [3.63, 3.8) is 0 Å². The molecule has 2 N–H and O–H groups in total. The maximum Gasteiger partial charge on any atom is 0.262 e. The van der Waals surface area contributed by atoms with Gasteiger partial charge in [0.25, 0.3) is 10.0 Å². The Morgan fingerprint density at radius 3 is 2.67 bits per heavy atom. The molecule has 0 bridgehead atoms. The number of sulfonamides is 1. The highest BCUT2D eigenvalue weighted by Crippen LogP contribution is 2.20. The van der Waals surface area contributed by atoms with Gasteiger partial charge in [0.05, 0.1) is 10.6 Å². The molecule has 0 atom stereocenters. The summed E-state index contributed by atoms with van der Waals surface area (Å²) >= 11 is 5.64. The van der Waals surface area contributed by atoms with Gasteiger partial charge < -0.3 is 5.11 Å². The van der Waals surface area contributed by atoms with Crippen LogP contribution in [0, 0.1) is 0 Å². The minimum absolute atomic E-state index is 0.00541. The number of phenolic OH excluding ortho intramolecular Hbond substituents is 1. The fraction of sp³-hybridized carbons (Fsp3) is 0. The molecular formula is C11H9ClN2O3S. The summed E-state index contributed by atoms with van der Waals surface area (Å²) in [5.74, 6) is -0.0250. The molecule has 2 rings (SSSR count). The first-order valence-electron chi connectivity index (χ1n) is 4.91. The number of nitrogens with zero attached hydrogens (tertiary/aromatic N) is 1. The van der Waals surface area contributed by atoms with Crippen molar-refractivity contribution < 1.29 is 13.5 Å². The van der Waals surface area contributed by atoms with Gasteiger partial charge in [0, 0.05) is 12.3 Å². The Labute approximate surface area is 109 Å². The van der Waals surface area contributed by atoms with Crippen LogP contribution in [-0.2, 0) is 10.0 Å². The SMILES string of the molecule is O=S(=O)(Nc1cccc(O)c1)c1ccnc(Cl)c1. The molecule has 0 fully saturated rings. The van der Waals surface area contributed by atoms with Crippen LogP contribution in [0.25, 0.3) is 0 Å². The van der Waals surface area contributed by atoms with Gasteiger partial charge in [0.15, 0.2) is 0 Å². The standard InChI is InChI=1S/C11H9ClN2O3S/c12-11-7-10(4-5-13-11)18(16,17)14-8-2-1-3-9(15)6-8/h1-7,14-15H. The van der Waals surface area contributed by atoms with Crippen LogP contribution in [-0.4, -0.2) is 18.5 Å². The van der Waals surface area contributed by atoms with Crippen molar-refractivity contribution in [3.8, 4) is 5.75 Å². The second kappa shape index (κ2) is 4.83. The number of nitrogens with one attached hydrogen (secondary N) is 1. The molecule has 0 saturated carbocycles. The van der Waals surface area contributed by atoms with Crippen LogP contribution in [0.4, 0.5) is 5.69 Å². The third-order valence-corrected chi connectivity index (χ3v) is 3.69. The lowest BCUT2D eigenvalue weighted by Crippen LogP contribution is -2.12. The van der Waals surface area contributed by atoms with Crippen molar-refractivity contribution >= 4 is 27.3 Å². The van der Waals surface area contributed by atoms with E-state index >= 15 is 0 Å². The minimum Gasteiger partial charge on any atom is -0.508 e. The maximum absolute atomic E-state index is 12.0. The van der Waals surface area contributed by atoms with E-state index in [2.05, 4.69) is 9.71 Å². The van der Waals surface area contributed by atoms with Gasteiger partial charge in [-0.05, 0) is 24.3 Å². The summed E-state index contributed by atoms with van der Waals surface area (Å²) in [6.07, 6.45) is 1.30. The summed E-state index contributed by atoms with van der Waals surface area (Å²) in [5.41, 5.74) is 0.267. The highest BCUT2D eigenvalue weighted by Gasteiger charge is 2.14. The van der Waals surface area contributed by atoms with Crippen LogP contribution in [0.3, 0.4) is 0 Å². The Morgan fingerprint density at radius 2 is 2.00 bits per heavy atom. The molecule has 0 spiro atoms. The molecular weight excluding hydrogens is 276 g/mol. The average molecular weight is 285 g/mol. The third-order valence-electron chi connectivity index (χ3n) is 2.11. The predicted molar refractivity (Wildman–Crippen MR) is 68.2 cm³/mol. The van der Waals surface area contributed by atoms with E-state index in [1.54, 1.807) is 0 Å². The van der Waals surface area contributed by atoms with Crippen LogP contribution in [0.15, 0.2) is 47.5 Å². The number of aromatic hydroxyl groups is 1. The van der Waals surface area contributed by atoms with Crippen LogP contribution in [0.5, 0.6) is 5.75 Å². The molecule has 0 unspecified atom stereocenters. The van der Waals surface area contributed by atoms with Crippen LogP contribution in [0.2, 0.25) is 5.15 Å². The molecule has 18 heavy (non-hydrogen) atoms. The fourth-order valence-electron chi connectivity index (χ4n) is 1.34. The van der Waals surface area contributed by atoms with Gasteiger partial charge in [-0.25, -0.2) is 13.4 Å².